The minimum Gasteiger partial charge on any atom is -0.394 e. The van der Waals surface area contributed by atoms with E-state index in [0.29, 0.717) is 6.07 Å². The standard InChI is InChI=1S/C11H9F3N4O/c1-18-10(7(15)4-16-18)17-11(19)5-2-3-6(12)9(14)8(5)13/h2-4H,15H2,1H3,(H,17,19). The Labute approximate surface area is 105 Å². The molecule has 8 heteroatoms. The van der Waals surface area contributed by atoms with Crippen LogP contribution in [0.25, 0.3) is 0 Å². The third-order valence-electron chi connectivity index (χ3n) is 2.48. The fraction of sp³-hybridized carbons (Fsp3) is 0.0909. The van der Waals surface area contributed by atoms with Gasteiger partial charge in [0.15, 0.2) is 23.3 Å². The maximum absolute atomic E-state index is 13.4. The summed E-state index contributed by atoms with van der Waals surface area (Å²) in [7, 11) is 1.51. The normalized spacial score (nSPS) is 10.5. The average Bonchev–Trinajstić information content (AvgIpc) is 2.68. The van der Waals surface area contributed by atoms with Crippen LogP contribution in [0.1, 0.15) is 10.4 Å². The Balaban J connectivity index is 2.34. The molecular weight excluding hydrogens is 261 g/mol. The number of nitrogen functional groups attached to an aromatic ring is 1. The number of anilines is 2. The first-order valence-corrected chi connectivity index (χ1v) is 5.14. The lowest BCUT2D eigenvalue weighted by molar-refractivity contribution is 0.102. The lowest BCUT2D eigenvalue weighted by Gasteiger charge is -2.07. The summed E-state index contributed by atoms with van der Waals surface area (Å²) in [5.41, 5.74) is 5.07. The number of carbonyl (C=O) groups is 1. The summed E-state index contributed by atoms with van der Waals surface area (Å²) in [6.07, 6.45) is 1.29. The lowest BCUT2D eigenvalue weighted by atomic mass is 10.2. The molecule has 0 aliphatic carbocycles. The highest BCUT2D eigenvalue weighted by Gasteiger charge is 2.20. The van der Waals surface area contributed by atoms with Crippen LogP contribution in [0.3, 0.4) is 0 Å². The first-order valence-electron chi connectivity index (χ1n) is 5.14. The second kappa shape index (κ2) is 4.63. The van der Waals surface area contributed by atoms with Gasteiger partial charge in [-0.05, 0) is 12.1 Å². The van der Waals surface area contributed by atoms with Crippen molar-refractivity contribution in [2.24, 2.45) is 7.05 Å². The van der Waals surface area contributed by atoms with Gasteiger partial charge >= 0.3 is 0 Å². The Morgan fingerprint density at radius 2 is 2.00 bits per heavy atom. The summed E-state index contributed by atoms with van der Waals surface area (Å²) in [5.74, 6) is -5.45. The highest BCUT2D eigenvalue weighted by Crippen LogP contribution is 2.19. The topological polar surface area (TPSA) is 72.9 Å². The number of halogens is 3. The molecule has 1 aromatic carbocycles. The molecule has 1 aromatic heterocycles. The molecule has 0 saturated heterocycles. The third kappa shape index (κ3) is 2.24. The number of nitrogens with zero attached hydrogens (tertiary/aromatic N) is 2. The van der Waals surface area contributed by atoms with Gasteiger partial charge in [0, 0.05) is 7.05 Å². The van der Waals surface area contributed by atoms with Crippen LogP contribution < -0.4 is 11.1 Å². The summed E-state index contributed by atoms with van der Waals surface area (Å²) in [5, 5.41) is 6.04. The molecule has 3 N–H and O–H groups in total. The second-order valence-corrected chi connectivity index (χ2v) is 3.75. The molecule has 0 atom stereocenters. The molecule has 0 fully saturated rings. The maximum Gasteiger partial charge on any atom is 0.259 e. The van der Waals surface area contributed by atoms with E-state index in [1.165, 1.54) is 17.9 Å². The summed E-state index contributed by atoms with van der Waals surface area (Å²) in [6, 6.07) is 1.51. The van der Waals surface area contributed by atoms with Crippen LogP contribution in [0.5, 0.6) is 0 Å². The molecule has 1 amide bonds. The smallest absolute Gasteiger partial charge is 0.259 e. The number of hydrogen-bond donors (Lipinski definition) is 2. The predicted octanol–water partition coefficient (Wildman–Crippen LogP) is 1.67. The van der Waals surface area contributed by atoms with E-state index in [0.717, 1.165) is 6.07 Å². The van der Waals surface area contributed by atoms with Crippen LogP contribution in [0.4, 0.5) is 24.7 Å². The van der Waals surface area contributed by atoms with Gasteiger partial charge in [0.25, 0.3) is 5.91 Å². The molecule has 1 heterocycles. The Kier molecular flexibility index (Phi) is 3.16. The van der Waals surface area contributed by atoms with Crippen LogP contribution in [-0.2, 0) is 7.05 Å². The highest BCUT2D eigenvalue weighted by atomic mass is 19.2. The van der Waals surface area contributed by atoms with Crippen LogP contribution in [-0.4, -0.2) is 15.7 Å². The first kappa shape index (κ1) is 12.9. The number of benzene rings is 1. The van der Waals surface area contributed by atoms with Crippen LogP contribution in [0.15, 0.2) is 18.3 Å². The van der Waals surface area contributed by atoms with Crippen molar-refractivity contribution in [2.75, 3.05) is 11.1 Å². The van der Waals surface area contributed by atoms with E-state index < -0.39 is 28.9 Å². The van der Waals surface area contributed by atoms with Crippen molar-refractivity contribution < 1.29 is 18.0 Å². The Morgan fingerprint density at radius 3 is 2.58 bits per heavy atom. The molecule has 5 nitrogen and oxygen atoms in total. The number of carbonyl (C=O) groups excluding carboxylic acids is 1. The van der Waals surface area contributed by atoms with Crippen molar-refractivity contribution in [1.29, 1.82) is 0 Å². The zero-order valence-electron chi connectivity index (χ0n) is 9.75. The van der Waals surface area contributed by atoms with Crippen LogP contribution in [0.2, 0.25) is 0 Å². The molecule has 2 rings (SSSR count). The molecule has 19 heavy (non-hydrogen) atoms. The van der Waals surface area contributed by atoms with Gasteiger partial charge in [-0.1, -0.05) is 0 Å². The maximum atomic E-state index is 13.4. The largest absolute Gasteiger partial charge is 0.394 e. The minimum atomic E-state index is -1.70. The molecule has 0 radical (unpaired) electrons. The van der Waals surface area contributed by atoms with E-state index in [-0.39, 0.29) is 11.5 Å². The molecule has 0 bridgehead atoms. The van der Waals surface area contributed by atoms with E-state index >= 15 is 0 Å². The van der Waals surface area contributed by atoms with Gasteiger partial charge < -0.3 is 11.1 Å². The van der Waals surface area contributed by atoms with Gasteiger partial charge in [-0.2, -0.15) is 5.10 Å². The van der Waals surface area contributed by atoms with Crippen LogP contribution in [0, 0.1) is 17.5 Å². The van der Waals surface area contributed by atoms with Crippen molar-refractivity contribution >= 4 is 17.4 Å². The monoisotopic (exact) mass is 270 g/mol. The van der Waals surface area contributed by atoms with Crippen molar-refractivity contribution in [1.82, 2.24) is 9.78 Å². The van der Waals surface area contributed by atoms with Crippen molar-refractivity contribution in [3.63, 3.8) is 0 Å². The highest BCUT2D eigenvalue weighted by molar-refractivity contribution is 6.05. The number of amides is 1. The Hall–Kier alpha value is -2.51. The predicted molar refractivity (Wildman–Crippen MR) is 61.9 cm³/mol. The quantitative estimate of drug-likeness (QED) is 0.815. The van der Waals surface area contributed by atoms with Gasteiger partial charge in [0.2, 0.25) is 0 Å². The summed E-state index contributed by atoms with van der Waals surface area (Å²) in [4.78, 5) is 11.8. The molecule has 0 saturated carbocycles. The van der Waals surface area contributed by atoms with Gasteiger partial charge in [0.05, 0.1) is 17.4 Å². The number of aromatic nitrogens is 2. The van der Waals surface area contributed by atoms with Gasteiger partial charge in [-0.15, -0.1) is 0 Å². The Morgan fingerprint density at radius 1 is 1.32 bits per heavy atom. The zero-order chi connectivity index (χ0) is 14.2. The number of hydrogen-bond acceptors (Lipinski definition) is 3. The number of rotatable bonds is 2. The molecule has 0 spiro atoms. The van der Waals surface area contributed by atoms with E-state index in [2.05, 4.69) is 10.4 Å². The summed E-state index contributed by atoms with van der Waals surface area (Å²) >= 11 is 0. The number of aryl methyl sites for hydroxylation is 1. The molecule has 100 valence electrons. The van der Waals surface area contributed by atoms with Gasteiger partial charge in [0.1, 0.15) is 0 Å². The zero-order valence-corrected chi connectivity index (χ0v) is 9.75. The van der Waals surface area contributed by atoms with Gasteiger partial charge in [-0.3, -0.25) is 9.48 Å². The van der Waals surface area contributed by atoms with E-state index in [4.69, 9.17) is 5.73 Å². The second-order valence-electron chi connectivity index (χ2n) is 3.75. The molecule has 0 unspecified atom stereocenters. The number of nitrogens with one attached hydrogen (secondary N) is 1. The Bertz CT molecular complexity index is 634. The average molecular weight is 270 g/mol. The SMILES string of the molecule is Cn1ncc(N)c1NC(=O)c1ccc(F)c(F)c1F. The molecule has 0 aliphatic heterocycles. The van der Waals surface area contributed by atoms with E-state index in [1.807, 2.05) is 0 Å². The summed E-state index contributed by atoms with van der Waals surface area (Å²) < 4.78 is 40.4. The number of nitrogens with two attached hydrogens (primary N) is 1. The van der Waals surface area contributed by atoms with E-state index in [1.54, 1.807) is 0 Å². The molecular formula is C11H9F3N4O. The fourth-order valence-corrected chi connectivity index (χ4v) is 1.48. The lowest BCUT2D eigenvalue weighted by Crippen LogP contribution is -2.18. The van der Waals surface area contributed by atoms with Crippen molar-refractivity contribution in [3.05, 3.63) is 41.3 Å². The molecule has 2 aromatic rings. The first-order chi connectivity index (χ1) is 8.91. The van der Waals surface area contributed by atoms with E-state index in [9.17, 15) is 18.0 Å². The van der Waals surface area contributed by atoms with Crippen molar-refractivity contribution in [3.8, 4) is 0 Å². The molecule has 0 aliphatic rings. The fourth-order valence-electron chi connectivity index (χ4n) is 1.48. The minimum absolute atomic E-state index is 0.133. The third-order valence-corrected chi connectivity index (χ3v) is 2.48. The van der Waals surface area contributed by atoms with Crippen molar-refractivity contribution in [2.45, 2.75) is 0 Å². The van der Waals surface area contributed by atoms with Crippen LogP contribution >= 0.6 is 0 Å². The van der Waals surface area contributed by atoms with Gasteiger partial charge in [-0.25, -0.2) is 13.2 Å². The summed E-state index contributed by atoms with van der Waals surface area (Å²) in [6.45, 7) is 0.